The number of carbonyl (C=O) groups excluding carboxylic acids is 1. The molecule has 1 rings (SSSR count). The number of aliphatic carboxylic acids is 1. The number of ketones is 1. The zero-order chi connectivity index (χ0) is 9.68. The van der Waals surface area contributed by atoms with E-state index >= 15 is 0 Å². The van der Waals surface area contributed by atoms with Crippen molar-refractivity contribution in [3.8, 4) is 0 Å². The van der Waals surface area contributed by atoms with E-state index in [0.717, 1.165) is 12.2 Å². The highest BCUT2D eigenvalue weighted by molar-refractivity contribution is 6.05. The molecule has 1 N–H and O–H groups in total. The molecule has 4 nitrogen and oxygen atoms in total. The van der Waals surface area contributed by atoms with E-state index in [1.807, 2.05) is 0 Å². The summed E-state index contributed by atoms with van der Waals surface area (Å²) in [5.41, 5.74) is 0.236. The van der Waals surface area contributed by atoms with Crippen molar-refractivity contribution in [1.82, 2.24) is 4.98 Å². The average molecular weight is 177 g/mol. The topological polar surface area (TPSA) is 67.3 Å². The lowest BCUT2D eigenvalue weighted by molar-refractivity contribution is -0.131. The van der Waals surface area contributed by atoms with Gasteiger partial charge in [0, 0.05) is 12.3 Å². The molecule has 0 amide bonds. The number of hydrogen-bond donors (Lipinski definition) is 1. The number of hydrogen-bond acceptors (Lipinski definition) is 3. The molecule has 0 aromatic carbocycles. The summed E-state index contributed by atoms with van der Waals surface area (Å²) in [4.78, 5) is 25.0. The number of allylic oxidation sites excluding steroid dienone is 1. The maximum Gasteiger partial charge on any atom is 0.328 e. The molecule has 13 heavy (non-hydrogen) atoms. The van der Waals surface area contributed by atoms with Crippen LogP contribution in [0.3, 0.4) is 0 Å². The van der Waals surface area contributed by atoms with E-state index in [1.165, 1.54) is 12.3 Å². The second kappa shape index (κ2) is 4.15. The van der Waals surface area contributed by atoms with Crippen LogP contribution in [0, 0.1) is 0 Å². The van der Waals surface area contributed by atoms with E-state index < -0.39 is 11.8 Å². The third-order valence-electron chi connectivity index (χ3n) is 1.29. The Morgan fingerprint density at radius 1 is 1.31 bits per heavy atom. The second-order valence-corrected chi connectivity index (χ2v) is 2.25. The Hall–Kier alpha value is -1.97. The van der Waals surface area contributed by atoms with E-state index in [-0.39, 0.29) is 5.69 Å². The molecular formula is C9H7NO3. The minimum atomic E-state index is -1.15. The first kappa shape index (κ1) is 9.12. The van der Waals surface area contributed by atoms with Gasteiger partial charge in [-0.3, -0.25) is 9.78 Å². The Bertz CT molecular complexity index is 343. The SMILES string of the molecule is O=C(O)C=CC(=O)c1ccccn1. The summed E-state index contributed by atoms with van der Waals surface area (Å²) >= 11 is 0. The molecule has 0 atom stereocenters. The minimum absolute atomic E-state index is 0.236. The fourth-order valence-electron chi connectivity index (χ4n) is 0.741. The maximum atomic E-state index is 11.1. The normalized spacial score (nSPS) is 10.2. The summed E-state index contributed by atoms with van der Waals surface area (Å²) in [5, 5.41) is 8.25. The van der Waals surface area contributed by atoms with Crippen LogP contribution in [0.5, 0.6) is 0 Å². The average Bonchev–Trinajstić information content (AvgIpc) is 2.15. The molecule has 0 saturated heterocycles. The van der Waals surface area contributed by atoms with Gasteiger partial charge >= 0.3 is 5.97 Å². The molecule has 0 unspecified atom stereocenters. The number of pyridine rings is 1. The molecule has 0 radical (unpaired) electrons. The van der Waals surface area contributed by atoms with Crippen LogP contribution in [0.15, 0.2) is 36.5 Å². The quantitative estimate of drug-likeness (QED) is 0.550. The highest BCUT2D eigenvalue weighted by Crippen LogP contribution is 1.95. The number of carbonyl (C=O) groups is 2. The number of rotatable bonds is 3. The van der Waals surface area contributed by atoms with Gasteiger partial charge in [-0.15, -0.1) is 0 Å². The Kier molecular flexibility index (Phi) is 2.92. The van der Waals surface area contributed by atoms with Crippen molar-refractivity contribution in [3.63, 3.8) is 0 Å². The van der Waals surface area contributed by atoms with Crippen molar-refractivity contribution in [2.75, 3.05) is 0 Å². The van der Waals surface area contributed by atoms with Crippen LogP contribution in [0.25, 0.3) is 0 Å². The van der Waals surface area contributed by atoms with Crippen LogP contribution >= 0.6 is 0 Å². The fourth-order valence-corrected chi connectivity index (χ4v) is 0.741. The maximum absolute atomic E-state index is 11.1. The van der Waals surface area contributed by atoms with Gasteiger partial charge in [-0.2, -0.15) is 0 Å². The van der Waals surface area contributed by atoms with Gasteiger partial charge in [-0.1, -0.05) is 6.07 Å². The van der Waals surface area contributed by atoms with Crippen LogP contribution in [-0.4, -0.2) is 21.8 Å². The first-order valence-corrected chi connectivity index (χ1v) is 3.56. The Morgan fingerprint density at radius 2 is 2.08 bits per heavy atom. The number of carboxylic acid groups (broad SMARTS) is 1. The molecule has 0 fully saturated rings. The molecule has 0 aliphatic carbocycles. The predicted molar refractivity (Wildman–Crippen MR) is 45.3 cm³/mol. The molecule has 66 valence electrons. The van der Waals surface area contributed by atoms with Gasteiger partial charge in [0.15, 0.2) is 0 Å². The summed E-state index contributed by atoms with van der Waals surface area (Å²) in [6, 6.07) is 4.86. The van der Waals surface area contributed by atoms with E-state index in [1.54, 1.807) is 12.1 Å². The van der Waals surface area contributed by atoms with Crippen LogP contribution in [-0.2, 0) is 4.79 Å². The molecule has 1 aromatic heterocycles. The summed E-state index contributed by atoms with van der Waals surface area (Å²) in [6.07, 6.45) is 3.24. The van der Waals surface area contributed by atoms with Crippen LogP contribution in [0.4, 0.5) is 0 Å². The zero-order valence-electron chi connectivity index (χ0n) is 6.68. The highest BCUT2D eigenvalue weighted by atomic mass is 16.4. The Labute approximate surface area is 74.5 Å². The fraction of sp³-hybridized carbons (Fsp3) is 0. The van der Waals surface area contributed by atoms with Crippen molar-refractivity contribution < 1.29 is 14.7 Å². The van der Waals surface area contributed by atoms with Crippen LogP contribution in [0.1, 0.15) is 10.5 Å². The van der Waals surface area contributed by atoms with Gasteiger partial charge in [0.2, 0.25) is 5.78 Å². The molecule has 0 saturated carbocycles. The first-order chi connectivity index (χ1) is 6.20. The zero-order valence-corrected chi connectivity index (χ0v) is 6.68. The molecule has 4 heteroatoms. The van der Waals surface area contributed by atoms with Crippen molar-refractivity contribution in [2.45, 2.75) is 0 Å². The second-order valence-electron chi connectivity index (χ2n) is 2.25. The van der Waals surface area contributed by atoms with Gasteiger partial charge in [-0.25, -0.2) is 4.79 Å². The van der Waals surface area contributed by atoms with Gasteiger partial charge in [0.25, 0.3) is 0 Å². The molecule has 1 heterocycles. The van der Waals surface area contributed by atoms with Crippen molar-refractivity contribution in [1.29, 1.82) is 0 Å². The van der Waals surface area contributed by atoms with Crippen LogP contribution in [0.2, 0.25) is 0 Å². The lowest BCUT2D eigenvalue weighted by atomic mass is 10.2. The van der Waals surface area contributed by atoms with Gasteiger partial charge in [0.05, 0.1) is 0 Å². The van der Waals surface area contributed by atoms with Gasteiger partial charge in [0.1, 0.15) is 5.69 Å². The first-order valence-electron chi connectivity index (χ1n) is 3.56. The molecule has 0 bridgehead atoms. The molecule has 0 aliphatic rings. The van der Waals surface area contributed by atoms with Crippen molar-refractivity contribution in [2.24, 2.45) is 0 Å². The Balaban J connectivity index is 2.76. The standard InChI is InChI=1S/C9H7NO3/c11-8(4-5-9(12)13)7-3-1-2-6-10-7/h1-6H,(H,12,13). The number of carboxylic acids is 1. The lowest BCUT2D eigenvalue weighted by Crippen LogP contribution is -1.98. The van der Waals surface area contributed by atoms with Crippen molar-refractivity contribution in [3.05, 3.63) is 42.2 Å². The summed E-state index contributed by atoms with van der Waals surface area (Å²) in [5.74, 6) is -1.56. The molecular weight excluding hydrogens is 170 g/mol. The van der Waals surface area contributed by atoms with Crippen molar-refractivity contribution >= 4 is 11.8 Å². The summed E-state index contributed by atoms with van der Waals surface area (Å²) in [7, 11) is 0. The molecule has 1 aromatic rings. The third kappa shape index (κ3) is 2.86. The van der Waals surface area contributed by atoms with Gasteiger partial charge < -0.3 is 5.11 Å². The van der Waals surface area contributed by atoms with Gasteiger partial charge in [-0.05, 0) is 18.2 Å². The Morgan fingerprint density at radius 3 is 2.62 bits per heavy atom. The summed E-state index contributed by atoms with van der Waals surface area (Å²) < 4.78 is 0. The lowest BCUT2D eigenvalue weighted by Gasteiger charge is -1.91. The van der Waals surface area contributed by atoms with E-state index in [4.69, 9.17) is 5.11 Å². The third-order valence-corrected chi connectivity index (χ3v) is 1.29. The highest BCUT2D eigenvalue weighted by Gasteiger charge is 2.01. The predicted octanol–water partition coefficient (Wildman–Crippen LogP) is 0.905. The monoisotopic (exact) mass is 177 g/mol. The largest absolute Gasteiger partial charge is 0.478 e. The molecule has 0 aliphatic heterocycles. The van der Waals surface area contributed by atoms with Crippen LogP contribution < -0.4 is 0 Å². The smallest absolute Gasteiger partial charge is 0.328 e. The summed E-state index contributed by atoms with van der Waals surface area (Å²) in [6.45, 7) is 0. The van der Waals surface area contributed by atoms with E-state index in [9.17, 15) is 9.59 Å². The van der Waals surface area contributed by atoms with E-state index in [2.05, 4.69) is 4.98 Å². The van der Waals surface area contributed by atoms with E-state index in [0.29, 0.717) is 0 Å². The number of aromatic nitrogens is 1. The molecule has 0 spiro atoms. The minimum Gasteiger partial charge on any atom is -0.478 e. The number of nitrogens with zero attached hydrogens (tertiary/aromatic N) is 1.